The fourth-order valence-corrected chi connectivity index (χ4v) is 5.18. The van der Waals surface area contributed by atoms with E-state index >= 15 is 0 Å². The van der Waals surface area contributed by atoms with Crippen molar-refractivity contribution in [3.05, 3.63) is 24.0 Å². The lowest BCUT2D eigenvalue weighted by Gasteiger charge is -2.35. The lowest BCUT2D eigenvalue weighted by molar-refractivity contribution is 0.175. The van der Waals surface area contributed by atoms with E-state index in [1.165, 1.54) is 12.4 Å². The summed E-state index contributed by atoms with van der Waals surface area (Å²) in [6.45, 7) is 4.45. The number of nitrogens with zero attached hydrogens (tertiary/aromatic N) is 3. The normalized spacial score (nSPS) is 37.3. The number of halogens is 1. The summed E-state index contributed by atoms with van der Waals surface area (Å²) in [5.41, 5.74) is 0. The molecule has 5 nitrogen and oxygen atoms in total. The Kier molecular flexibility index (Phi) is 4.38. The van der Waals surface area contributed by atoms with Gasteiger partial charge in [0, 0.05) is 24.0 Å². The summed E-state index contributed by atoms with van der Waals surface area (Å²) in [4.78, 5) is 23.3. The van der Waals surface area contributed by atoms with Gasteiger partial charge in [0.25, 0.3) is 0 Å². The number of amides is 2. The predicted molar refractivity (Wildman–Crippen MR) is 92.5 cm³/mol. The second kappa shape index (κ2) is 6.54. The lowest BCUT2D eigenvalue weighted by atomic mass is 9.77. The Morgan fingerprint density at radius 1 is 1.12 bits per heavy atom. The molecule has 3 heterocycles. The topological polar surface area (TPSA) is 58.1 Å². The van der Waals surface area contributed by atoms with Crippen molar-refractivity contribution in [3.8, 4) is 0 Å². The Hall–Kier alpha value is -1.72. The maximum atomic E-state index is 13.1. The van der Waals surface area contributed by atoms with Crippen LogP contribution in [0, 0.1) is 17.7 Å². The molecule has 0 aromatic carbocycles. The van der Waals surface area contributed by atoms with Gasteiger partial charge in [-0.1, -0.05) is 13.8 Å². The van der Waals surface area contributed by atoms with Gasteiger partial charge in [-0.15, -0.1) is 0 Å². The minimum Gasteiger partial charge on any atom is -0.335 e. The van der Waals surface area contributed by atoms with E-state index in [-0.39, 0.29) is 18.0 Å². The second-order valence-corrected chi connectivity index (χ2v) is 8.22. The van der Waals surface area contributed by atoms with Crippen molar-refractivity contribution in [1.82, 2.24) is 20.2 Å². The molecular formula is C19H27FN4O. The molecule has 1 aromatic heterocycles. The molecule has 1 saturated carbocycles. The SMILES string of the molecule is CC1CCC(NC(=O)N2C3CCC2C(C)C3)CC1c1ncc(F)cn1. The van der Waals surface area contributed by atoms with Gasteiger partial charge in [-0.2, -0.15) is 0 Å². The van der Waals surface area contributed by atoms with Gasteiger partial charge in [-0.3, -0.25) is 0 Å². The van der Waals surface area contributed by atoms with Crippen LogP contribution in [0.3, 0.4) is 0 Å². The number of rotatable bonds is 2. The van der Waals surface area contributed by atoms with E-state index in [0.29, 0.717) is 29.7 Å². The molecule has 0 spiro atoms. The number of hydrogen-bond donors (Lipinski definition) is 1. The van der Waals surface area contributed by atoms with Crippen LogP contribution < -0.4 is 5.32 Å². The second-order valence-electron chi connectivity index (χ2n) is 8.22. The molecule has 2 saturated heterocycles. The molecule has 0 radical (unpaired) electrons. The van der Waals surface area contributed by atoms with Crippen LogP contribution in [0.4, 0.5) is 9.18 Å². The summed E-state index contributed by atoms with van der Waals surface area (Å²) in [6.07, 6.45) is 8.76. The molecule has 2 amide bonds. The molecule has 1 aliphatic carbocycles. The summed E-state index contributed by atoms with van der Waals surface area (Å²) >= 11 is 0. The largest absolute Gasteiger partial charge is 0.335 e. The molecule has 1 N–H and O–H groups in total. The lowest BCUT2D eigenvalue weighted by Crippen LogP contribution is -2.49. The van der Waals surface area contributed by atoms with Crippen LogP contribution in [0.15, 0.2) is 12.4 Å². The smallest absolute Gasteiger partial charge is 0.318 e. The summed E-state index contributed by atoms with van der Waals surface area (Å²) < 4.78 is 13.1. The van der Waals surface area contributed by atoms with Crippen LogP contribution in [-0.4, -0.2) is 39.0 Å². The number of nitrogens with one attached hydrogen (secondary N) is 1. The molecule has 3 fully saturated rings. The predicted octanol–water partition coefficient (Wildman–Crippen LogP) is 3.47. The number of hydrogen-bond acceptors (Lipinski definition) is 3. The van der Waals surface area contributed by atoms with Crippen molar-refractivity contribution in [2.75, 3.05) is 0 Å². The summed E-state index contributed by atoms with van der Waals surface area (Å²) in [5.74, 6) is 1.53. The number of urea groups is 1. The Morgan fingerprint density at radius 2 is 1.88 bits per heavy atom. The van der Waals surface area contributed by atoms with Gasteiger partial charge >= 0.3 is 6.03 Å². The van der Waals surface area contributed by atoms with E-state index in [4.69, 9.17) is 0 Å². The van der Waals surface area contributed by atoms with E-state index in [2.05, 4.69) is 34.0 Å². The van der Waals surface area contributed by atoms with E-state index in [1.807, 2.05) is 0 Å². The van der Waals surface area contributed by atoms with E-state index < -0.39 is 5.82 Å². The van der Waals surface area contributed by atoms with Crippen molar-refractivity contribution in [2.45, 2.75) is 76.4 Å². The standard InChI is InChI=1S/C19H27FN4O/c1-11-3-4-14(8-16(11)18-21-9-13(20)10-22-18)23-19(25)24-15-5-6-17(24)12(2)7-15/h9-12,14-17H,3-8H2,1-2H3,(H,23,25). The van der Waals surface area contributed by atoms with E-state index in [9.17, 15) is 9.18 Å². The molecular weight excluding hydrogens is 319 g/mol. The maximum absolute atomic E-state index is 13.1. The molecule has 25 heavy (non-hydrogen) atoms. The Balaban J connectivity index is 1.41. The van der Waals surface area contributed by atoms with Crippen molar-refractivity contribution >= 4 is 6.03 Å². The van der Waals surface area contributed by atoms with Crippen molar-refractivity contribution < 1.29 is 9.18 Å². The van der Waals surface area contributed by atoms with Gasteiger partial charge in [0.05, 0.1) is 12.4 Å². The van der Waals surface area contributed by atoms with Crippen LogP contribution in [0.5, 0.6) is 0 Å². The summed E-state index contributed by atoms with van der Waals surface area (Å²) in [7, 11) is 0. The minimum atomic E-state index is -0.407. The average molecular weight is 346 g/mol. The third-order valence-corrected chi connectivity index (χ3v) is 6.58. The van der Waals surface area contributed by atoms with Gasteiger partial charge in [0.15, 0.2) is 5.82 Å². The van der Waals surface area contributed by atoms with Gasteiger partial charge in [-0.05, 0) is 50.4 Å². The van der Waals surface area contributed by atoms with Crippen LogP contribution in [0.25, 0.3) is 0 Å². The van der Waals surface area contributed by atoms with Gasteiger partial charge < -0.3 is 10.2 Å². The number of carbonyl (C=O) groups excluding carboxylic acids is 1. The first-order valence-electron chi connectivity index (χ1n) is 9.59. The van der Waals surface area contributed by atoms with Crippen LogP contribution >= 0.6 is 0 Å². The van der Waals surface area contributed by atoms with Gasteiger partial charge in [-0.25, -0.2) is 19.2 Å². The van der Waals surface area contributed by atoms with Crippen molar-refractivity contribution in [1.29, 1.82) is 0 Å². The molecule has 6 atom stereocenters. The van der Waals surface area contributed by atoms with Crippen LogP contribution in [-0.2, 0) is 0 Å². The fourth-order valence-electron chi connectivity index (χ4n) is 5.18. The van der Waals surface area contributed by atoms with Crippen LogP contribution in [0.1, 0.15) is 64.1 Å². The number of fused-ring (bicyclic) bond motifs is 2. The quantitative estimate of drug-likeness (QED) is 0.892. The van der Waals surface area contributed by atoms with Crippen LogP contribution in [0.2, 0.25) is 0 Å². The third-order valence-electron chi connectivity index (χ3n) is 6.58. The highest BCUT2D eigenvalue weighted by Gasteiger charge is 2.47. The Bertz CT molecular complexity index is 637. The first kappa shape index (κ1) is 16.7. The number of carbonyl (C=O) groups is 1. The fraction of sp³-hybridized carbons (Fsp3) is 0.737. The monoisotopic (exact) mass is 346 g/mol. The first-order chi connectivity index (χ1) is 12.0. The number of aromatic nitrogens is 2. The minimum absolute atomic E-state index is 0.107. The van der Waals surface area contributed by atoms with Crippen molar-refractivity contribution in [3.63, 3.8) is 0 Å². The van der Waals surface area contributed by atoms with E-state index in [0.717, 1.165) is 38.5 Å². The molecule has 2 bridgehead atoms. The highest BCUT2D eigenvalue weighted by molar-refractivity contribution is 5.76. The molecule has 1 aromatic rings. The maximum Gasteiger partial charge on any atom is 0.318 e. The average Bonchev–Trinajstić information content (AvgIpc) is 3.14. The zero-order valence-electron chi connectivity index (χ0n) is 15.0. The van der Waals surface area contributed by atoms with E-state index in [1.54, 1.807) is 0 Å². The Morgan fingerprint density at radius 3 is 2.52 bits per heavy atom. The molecule has 6 heteroatoms. The third kappa shape index (κ3) is 3.11. The summed E-state index contributed by atoms with van der Waals surface area (Å²) in [6, 6.07) is 1.11. The Labute approximate surface area is 148 Å². The molecule has 3 aliphatic rings. The summed E-state index contributed by atoms with van der Waals surface area (Å²) in [5, 5.41) is 3.27. The molecule has 136 valence electrons. The zero-order valence-corrected chi connectivity index (χ0v) is 15.0. The van der Waals surface area contributed by atoms with Gasteiger partial charge in [0.1, 0.15) is 5.82 Å². The molecule has 6 unspecified atom stereocenters. The molecule has 4 rings (SSSR count). The van der Waals surface area contributed by atoms with Gasteiger partial charge in [0.2, 0.25) is 0 Å². The highest BCUT2D eigenvalue weighted by atomic mass is 19.1. The molecule has 2 aliphatic heterocycles. The first-order valence-corrected chi connectivity index (χ1v) is 9.59. The zero-order chi connectivity index (χ0) is 17.6. The van der Waals surface area contributed by atoms with Crippen molar-refractivity contribution in [2.24, 2.45) is 11.8 Å². The highest BCUT2D eigenvalue weighted by Crippen LogP contribution is 2.42.